The van der Waals surface area contributed by atoms with Gasteiger partial charge in [0.2, 0.25) is 0 Å². The highest BCUT2D eigenvalue weighted by Crippen LogP contribution is 2.33. The van der Waals surface area contributed by atoms with Gasteiger partial charge in [-0.05, 0) is 59.6 Å². The molecular formula is C23H34N2. The molecule has 0 saturated heterocycles. The average Bonchev–Trinajstić information content (AvgIpc) is 2.54. The van der Waals surface area contributed by atoms with Gasteiger partial charge in [0.1, 0.15) is 0 Å². The van der Waals surface area contributed by atoms with Gasteiger partial charge >= 0.3 is 0 Å². The quantitative estimate of drug-likeness (QED) is 0.579. The molecule has 0 heterocycles. The van der Waals surface area contributed by atoms with Gasteiger partial charge in [0.15, 0.2) is 0 Å². The first kappa shape index (κ1) is 19.4. The molecule has 0 radical (unpaired) electrons. The molecule has 25 heavy (non-hydrogen) atoms. The first-order valence-electron chi connectivity index (χ1n) is 9.60. The van der Waals surface area contributed by atoms with Crippen LogP contribution in [-0.4, -0.2) is 0 Å². The molecule has 0 fully saturated rings. The summed E-state index contributed by atoms with van der Waals surface area (Å²) in [5, 5.41) is 0. The fourth-order valence-corrected chi connectivity index (χ4v) is 3.44. The second kappa shape index (κ2) is 8.94. The standard InChI is InChI=1S/C23H34N2/c1-16(2)6-5-7-22(18-8-11-21(24)12-9-18)19-10-13-23(25)20(15-19)14-17(3)4/h8-13,15-17,22H,5-7,14,24-25H2,1-4H3. The van der Waals surface area contributed by atoms with Crippen molar-refractivity contribution < 1.29 is 0 Å². The zero-order chi connectivity index (χ0) is 18.4. The summed E-state index contributed by atoms with van der Waals surface area (Å²) in [7, 11) is 0. The molecule has 2 rings (SSSR count). The largest absolute Gasteiger partial charge is 0.399 e. The van der Waals surface area contributed by atoms with E-state index in [1.807, 2.05) is 12.1 Å². The molecule has 2 heteroatoms. The van der Waals surface area contributed by atoms with Crippen molar-refractivity contribution in [2.24, 2.45) is 11.8 Å². The van der Waals surface area contributed by atoms with Gasteiger partial charge in [-0.25, -0.2) is 0 Å². The van der Waals surface area contributed by atoms with Crippen molar-refractivity contribution in [1.29, 1.82) is 0 Å². The molecule has 0 spiro atoms. The van der Waals surface area contributed by atoms with Crippen molar-refractivity contribution >= 4 is 11.4 Å². The Morgan fingerprint density at radius 2 is 1.40 bits per heavy atom. The van der Waals surface area contributed by atoms with E-state index in [2.05, 4.69) is 58.0 Å². The van der Waals surface area contributed by atoms with Gasteiger partial charge in [-0.2, -0.15) is 0 Å². The van der Waals surface area contributed by atoms with Crippen LogP contribution in [0.15, 0.2) is 42.5 Å². The molecule has 0 aliphatic carbocycles. The van der Waals surface area contributed by atoms with Crippen LogP contribution >= 0.6 is 0 Å². The lowest BCUT2D eigenvalue weighted by atomic mass is 9.84. The Bertz CT molecular complexity index is 656. The smallest absolute Gasteiger partial charge is 0.0346 e. The van der Waals surface area contributed by atoms with Gasteiger partial charge in [-0.1, -0.05) is 64.8 Å². The fraction of sp³-hybridized carbons (Fsp3) is 0.478. The number of nitrogen functional groups attached to an aromatic ring is 2. The molecule has 1 unspecified atom stereocenters. The van der Waals surface area contributed by atoms with Crippen LogP contribution in [0.3, 0.4) is 0 Å². The Labute approximate surface area is 153 Å². The van der Waals surface area contributed by atoms with E-state index >= 15 is 0 Å². The third kappa shape index (κ3) is 5.81. The van der Waals surface area contributed by atoms with Gasteiger partial charge in [0.05, 0.1) is 0 Å². The van der Waals surface area contributed by atoms with E-state index < -0.39 is 0 Å². The third-order valence-corrected chi connectivity index (χ3v) is 4.81. The molecule has 2 aromatic rings. The Kier molecular flexibility index (Phi) is 6.92. The van der Waals surface area contributed by atoms with Crippen molar-refractivity contribution in [3.8, 4) is 0 Å². The SMILES string of the molecule is CC(C)CCCC(c1ccc(N)cc1)c1ccc(N)c(CC(C)C)c1. The van der Waals surface area contributed by atoms with Crippen molar-refractivity contribution in [2.45, 2.75) is 59.3 Å². The van der Waals surface area contributed by atoms with Crippen LogP contribution in [0.1, 0.15) is 69.6 Å². The van der Waals surface area contributed by atoms with E-state index in [0.29, 0.717) is 11.8 Å². The number of rotatable bonds is 8. The molecule has 0 amide bonds. The lowest BCUT2D eigenvalue weighted by molar-refractivity contribution is 0.521. The molecule has 0 aromatic heterocycles. The van der Waals surface area contributed by atoms with E-state index in [1.54, 1.807) is 0 Å². The van der Waals surface area contributed by atoms with E-state index in [9.17, 15) is 0 Å². The highest BCUT2D eigenvalue weighted by molar-refractivity contribution is 5.51. The van der Waals surface area contributed by atoms with E-state index in [-0.39, 0.29) is 0 Å². The van der Waals surface area contributed by atoms with Gasteiger partial charge in [0, 0.05) is 17.3 Å². The van der Waals surface area contributed by atoms with E-state index in [4.69, 9.17) is 11.5 Å². The zero-order valence-corrected chi connectivity index (χ0v) is 16.3. The second-order valence-corrected chi connectivity index (χ2v) is 8.10. The van der Waals surface area contributed by atoms with Gasteiger partial charge in [-0.3, -0.25) is 0 Å². The van der Waals surface area contributed by atoms with Crippen LogP contribution in [0.2, 0.25) is 0 Å². The summed E-state index contributed by atoms with van der Waals surface area (Å²) < 4.78 is 0. The Morgan fingerprint density at radius 3 is 2.00 bits per heavy atom. The van der Waals surface area contributed by atoms with Crippen LogP contribution in [0.5, 0.6) is 0 Å². The maximum Gasteiger partial charge on any atom is 0.0346 e. The Balaban J connectivity index is 2.32. The van der Waals surface area contributed by atoms with Crippen LogP contribution < -0.4 is 11.5 Å². The van der Waals surface area contributed by atoms with Crippen molar-refractivity contribution in [2.75, 3.05) is 11.5 Å². The highest BCUT2D eigenvalue weighted by atomic mass is 14.6. The van der Waals surface area contributed by atoms with E-state index in [0.717, 1.165) is 30.1 Å². The number of hydrogen-bond donors (Lipinski definition) is 2. The summed E-state index contributed by atoms with van der Waals surface area (Å²) in [6.45, 7) is 9.07. The summed E-state index contributed by atoms with van der Waals surface area (Å²) in [6.07, 6.45) is 4.68. The van der Waals surface area contributed by atoms with E-state index in [1.165, 1.54) is 29.5 Å². The maximum atomic E-state index is 6.22. The highest BCUT2D eigenvalue weighted by Gasteiger charge is 2.16. The summed E-state index contributed by atoms with van der Waals surface area (Å²) in [5.74, 6) is 1.76. The van der Waals surface area contributed by atoms with Gasteiger partial charge < -0.3 is 11.5 Å². The lowest BCUT2D eigenvalue weighted by Crippen LogP contribution is -2.06. The Hall–Kier alpha value is -1.96. The predicted octanol–water partition coefficient (Wildman–Crippen LogP) is 6.01. The Morgan fingerprint density at radius 1 is 0.760 bits per heavy atom. The third-order valence-electron chi connectivity index (χ3n) is 4.81. The molecule has 0 aliphatic heterocycles. The second-order valence-electron chi connectivity index (χ2n) is 8.10. The fourth-order valence-electron chi connectivity index (χ4n) is 3.44. The number of nitrogens with two attached hydrogens (primary N) is 2. The summed E-state index contributed by atoms with van der Waals surface area (Å²) in [4.78, 5) is 0. The summed E-state index contributed by atoms with van der Waals surface area (Å²) in [5.41, 5.74) is 17.8. The molecule has 1 atom stereocenters. The predicted molar refractivity (Wildman–Crippen MR) is 111 cm³/mol. The number of hydrogen-bond acceptors (Lipinski definition) is 2. The van der Waals surface area contributed by atoms with Crippen LogP contribution in [0.25, 0.3) is 0 Å². The van der Waals surface area contributed by atoms with Crippen molar-refractivity contribution in [3.05, 3.63) is 59.2 Å². The molecule has 0 bridgehead atoms. The zero-order valence-electron chi connectivity index (χ0n) is 16.3. The topological polar surface area (TPSA) is 52.0 Å². The monoisotopic (exact) mass is 338 g/mol. The lowest BCUT2D eigenvalue weighted by Gasteiger charge is -2.21. The summed E-state index contributed by atoms with van der Waals surface area (Å²) in [6, 6.07) is 15.0. The molecule has 4 N–H and O–H groups in total. The van der Waals surface area contributed by atoms with Crippen LogP contribution in [0, 0.1) is 11.8 Å². The van der Waals surface area contributed by atoms with Crippen LogP contribution in [-0.2, 0) is 6.42 Å². The number of anilines is 2. The average molecular weight is 339 g/mol. The molecule has 2 aromatic carbocycles. The first-order valence-corrected chi connectivity index (χ1v) is 9.60. The minimum Gasteiger partial charge on any atom is -0.399 e. The van der Waals surface area contributed by atoms with Gasteiger partial charge in [0.25, 0.3) is 0 Å². The molecular weight excluding hydrogens is 304 g/mol. The minimum atomic E-state index is 0.408. The van der Waals surface area contributed by atoms with Crippen LogP contribution in [0.4, 0.5) is 11.4 Å². The molecule has 136 valence electrons. The maximum absolute atomic E-state index is 6.22. The van der Waals surface area contributed by atoms with Crippen molar-refractivity contribution in [1.82, 2.24) is 0 Å². The van der Waals surface area contributed by atoms with Crippen molar-refractivity contribution in [3.63, 3.8) is 0 Å². The molecule has 2 nitrogen and oxygen atoms in total. The number of benzene rings is 2. The molecule has 0 aliphatic rings. The summed E-state index contributed by atoms with van der Waals surface area (Å²) >= 11 is 0. The first-order chi connectivity index (χ1) is 11.9. The minimum absolute atomic E-state index is 0.408. The molecule has 0 saturated carbocycles. The normalized spacial score (nSPS) is 12.7. The van der Waals surface area contributed by atoms with Gasteiger partial charge in [-0.15, -0.1) is 0 Å².